The summed E-state index contributed by atoms with van der Waals surface area (Å²) in [5.41, 5.74) is 2.95. The van der Waals surface area contributed by atoms with Gasteiger partial charge in [0.25, 0.3) is 0 Å². The number of fused-ring (bicyclic) bond motifs is 1. The second-order valence-corrected chi connectivity index (χ2v) is 8.47. The van der Waals surface area contributed by atoms with E-state index in [0.717, 1.165) is 31.9 Å². The maximum absolute atomic E-state index is 14.7. The van der Waals surface area contributed by atoms with E-state index in [1.807, 2.05) is 23.7 Å². The molecule has 0 bridgehead atoms. The SMILES string of the molecule is [C-]#[N+]c1ccc(-c2nc(N3CCC(NC)CC3)n3ccnc3c2-c2ccc(OC)c(O)c2)cc1F. The molecule has 1 aliphatic heterocycles. The summed E-state index contributed by atoms with van der Waals surface area (Å²) in [6, 6.07) is 10.0. The monoisotopic (exact) mass is 472 g/mol. The van der Waals surface area contributed by atoms with Crippen LogP contribution in [0.5, 0.6) is 11.5 Å². The minimum absolute atomic E-state index is 0.0200. The first kappa shape index (κ1) is 22.6. The summed E-state index contributed by atoms with van der Waals surface area (Å²) >= 11 is 0. The highest BCUT2D eigenvalue weighted by molar-refractivity contribution is 5.92. The van der Waals surface area contributed by atoms with Crippen LogP contribution < -0.4 is 15.0 Å². The highest BCUT2D eigenvalue weighted by Crippen LogP contribution is 2.40. The second kappa shape index (κ2) is 9.24. The summed E-state index contributed by atoms with van der Waals surface area (Å²) in [5, 5.41) is 13.8. The van der Waals surface area contributed by atoms with Gasteiger partial charge in [0.05, 0.1) is 24.9 Å². The van der Waals surface area contributed by atoms with Crippen LogP contribution in [-0.2, 0) is 0 Å². The molecule has 0 saturated carbocycles. The molecule has 0 unspecified atom stereocenters. The third-order valence-electron chi connectivity index (χ3n) is 6.52. The van der Waals surface area contributed by atoms with Gasteiger partial charge >= 0.3 is 0 Å². The van der Waals surface area contributed by atoms with Crippen LogP contribution in [0.3, 0.4) is 0 Å². The molecule has 3 heterocycles. The predicted molar refractivity (Wildman–Crippen MR) is 133 cm³/mol. The first-order valence-electron chi connectivity index (χ1n) is 11.4. The number of methoxy groups -OCH3 is 1. The average molecular weight is 473 g/mol. The lowest BCUT2D eigenvalue weighted by Gasteiger charge is -2.33. The van der Waals surface area contributed by atoms with Gasteiger partial charge < -0.3 is 20.1 Å². The van der Waals surface area contributed by atoms with Crippen molar-refractivity contribution in [2.75, 3.05) is 32.1 Å². The number of hydrogen-bond acceptors (Lipinski definition) is 6. The van der Waals surface area contributed by atoms with Crippen molar-refractivity contribution in [3.05, 3.63) is 66.0 Å². The first-order chi connectivity index (χ1) is 17.0. The zero-order valence-corrected chi connectivity index (χ0v) is 19.5. The summed E-state index contributed by atoms with van der Waals surface area (Å²) in [4.78, 5) is 15.1. The zero-order valence-electron chi connectivity index (χ0n) is 19.5. The van der Waals surface area contributed by atoms with Crippen molar-refractivity contribution in [1.82, 2.24) is 19.7 Å². The van der Waals surface area contributed by atoms with Gasteiger partial charge in [-0.05, 0) is 43.7 Å². The quantitative estimate of drug-likeness (QED) is 0.412. The number of hydrogen-bond donors (Lipinski definition) is 2. The van der Waals surface area contributed by atoms with Crippen molar-refractivity contribution in [2.24, 2.45) is 0 Å². The number of piperidine rings is 1. The highest BCUT2D eigenvalue weighted by Gasteiger charge is 2.25. The number of phenolic OH excluding ortho intramolecular Hbond substituents is 1. The number of aromatic nitrogens is 3. The molecule has 4 aromatic rings. The van der Waals surface area contributed by atoms with Crippen LogP contribution in [0.15, 0.2) is 48.8 Å². The molecule has 5 rings (SSSR count). The lowest BCUT2D eigenvalue weighted by atomic mass is 9.99. The van der Waals surface area contributed by atoms with E-state index in [9.17, 15) is 9.50 Å². The molecular formula is C26H25FN6O2. The van der Waals surface area contributed by atoms with Gasteiger partial charge in [0.15, 0.2) is 11.5 Å². The number of halogens is 1. The standard InChI is InChI=1S/C26H25FN6O2/c1-28-18-8-11-32(12-9-18)26-31-24(17-4-6-20(29-2)19(27)14-17)23(25-30-10-13-33(25)26)16-5-7-22(35-3)21(34)15-16/h4-7,10,13-15,18,28,34H,8-9,11-12H2,1,3H3. The second-order valence-electron chi connectivity index (χ2n) is 8.47. The molecule has 0 radical (unpaired) electrons. The molecule has 2 N–H and O–H groups in total. The van der Waals surface area contributed by atoms with Gasteiger partial charge in [-0.15, -0.1) is 0 Å². The van der Waals surface area contributed by atoms with E-state index in [0.29, 0.717) is 39.8 Å². The Labute approximate surface area is 202 Å². The van der Waals surface area contributed by atoms with Crippen molar-refractivity contribution in [1.29, 1.82) is 0 Å². The van der Waals surface area contributed by atoms with Crippen LogP contribution in [0.2, 0.25) is 0 Å². The Morgan fingerprint density at radius 3 is 2.60 bits per heavy atom. The number of benzene rings is 2. The number of nitrogens with one attached hydrogen (secondary N) is 1. The molecule has 1 fully saturated rings. The van der Waals surface area contributed by atoms with Crippen molar-refractivity contribution in [3.8, 4) is 33.9 Å². The minimum Gasteiger partial charge on any atom is -0.504 e. The third kappa shape index (κ3) is 4.02. The number of imidazole rings is 1. The summed E-state index contributed by atoms with van der Waals surface area (Å²) in [6.07, 6.45) is 5.53. The molecule has 0 atom stereocenters. The Balaban J connectivity index is 1.75. The normalized spacial score (nSPS) is 14.3. The molecule has 0 amide bonds. The molecule has 0 aliphatic carbocycles. The van der Waals surface area contributed by atoms with Crippen LogP contribution in [-0.4, -0.2) is 52.8 Å². The fourth-order valence-corrected chi connectivity index (χ4v) is 4.62. The summed E-state index contributed by atoms with van der Waals surface area (Å²) in [6.45, 7) is 8.83. The molecular weight excluding hydrogens is 447 g/mol. The van der Waals surface area contributed by atoms with Crippen LogP contribution >= 0.6 is 0 Å². The van der Waals surface area contributed by atoms with Gasteiger partial charge in [-0.3, -0.25) is 4.40 Å². The number of aromatic hydroxyl groups is 1. The zero-order chi connectivity index (χ0) is 24.5. The predicted octanol–water partition coefficient (Wildman–Crippen LogP) is 4.66. The van der Waals surface area contributed by atoms with Crippen molar-refractivity contribution >= 4 is 17.3 Å². The first-order valence-corrected chi connectivity index (χ1v) is 11.4. The maximum Gasteiger partial charge on any atom is 0.222 e. The van der Waals surface area contributed by atoms with E-state index in [4.69, 9.17) is 16.3 Å². The third-order valence-corrected chi connectivity index (χ3v) is 6.52. The molecule has 2 aromatic carbocycles. The Kier molecular flexibility index (Phi) is 5.97. The fourth-order valence-electron chi connectivity index (χ4n) is 4.62. The number of anilines is 1. The van der Waals surface area contributed by atoms with Gasteiger partial charge in [0.2, 0.25) is 11.6 Å². The van der Waals surface area contributed by atoms with E-state index in [1.165, 1.54) is 19.2 Å². The van der Waals surface area contributed by atoms with E-state index in [2.05, 4.69) is 20.0 Å². The minimum atomic E-state index is -0.609. The van der Waals surface area contributed by atoms with Crippen molar-refractivity contribution in [2.45, 2.75) is 18.9 Å². The molecule has 2 aromatic heterocycles. The van der Waals surface area contributed by atoms with Gasteiger partial charge in [0, 0.05) is 37.1 Å². The van der Waals surface area contributed by atoms with Crippen molar-refractivity contribution in [3.63, 3.8) is 0 Å². The van der Waals surface area contributed by atoms with Crippen molar-refractivity contribution < 1.29 is 14.2 Å². The molecule has 178 valence electrons. The van der Waals surface area contributed by atoms with E-state index >= 15 is 0 Å². The van der Waals surface area contributed by atoms with Gasteiger partial charge in [-0.2, -0.15) is 0 Å². The van der Waals surface area contributed by atoms with Crippen LogP contribution in [0.25, 0.3) is 32.9 Å². The number of nitrogens with zero attached hydrogens (tertiary/aromatic N) is 5. The maximum atomic E-state index is 14.7. The molecule has 8 nitrogen and oxygen atoms in total. The highest BCUT2D eigenvalue weighted by atomic mass is 19.1. The Morgan fingerprint density at radius 1 is 1.17 bits per heavy atom. The van der Waals surface area contributed by atoms with Gasteiger partial charge in [-0.1, -0.05) is 18.2 Å². The number of ether oxygens (including phenoxy) is 1. The smallest absolute Gasteiger partial charge is 0.222 e. The molecule has 1 aliphatic rings. The van der Waals surface area contributed by atoms with Gasteiger partial charge in [-0.25, -0.2) is 19.2 Å². The summed E-state index contributed by atoms with van der Waals surface area (Å²) in [5.74, 6) is 0.438. The van der Waals surface area contributed by atoms with E-state index < -0.39 is 5.82 Å². The Morgan fingerprint density at radius 2 is 1.94 bits per heavy atom. The number of rotatable bonds is 5. The number of phenols is 1. The summed E-state index contributed by atoms with van der Waals surface area (Å²) < 4.78 is 21.8. The van der Waals surface area contributed by atoms with E-state index in [-0.39, 0.29) is 11.4 Å². The van der Waals surface area contributed by atoms with Gasteiger partial charge in [0.1, 0.15) is 11.5 Å². The molecule has 35 heavy (non-hydrogen) atoms. The summed E-state index contributed by atoms with van der Waals surface area (Å²) in [7, 11) is 3.47. The molecule has 0 spiro atoms. The lowest BCUT2D eigenvalue weighted by molar-refractivity contribution is 0.373. The largest absolute Gasteiger partial charge is 0.504 e. The van der Waals surface area contributed by atoms with Crippen LogP contribution in [0.1, 0.15) is 12.8 Å². The lowest BCUT2D eigenvalue weighted by Crippen LogP contribution is -2.42. The average Bonchev–Trinajstić information content (AvgIpc) is 3.37. The van der Waals surface area contributed by atoms with Crippen LogP contribution in [0, 0.1) is 12.4 Å². The Bertz CT molecular complexity index is 1440. The fraction of sp³-hybridized carbons (Fsp3) is 0.269. The van der Waals surface area contributed by atoms with Crippen LogP contribution in [0.4, 0.5) is 16.0 Å². The Hall–Kier alpha value is -4.16. The topological polar surface area (TPSA) is 79.3 Å². The molecule has 1 saturated heterocycles. The molecule has 9 heteroatoms. The van der Waals surface area contributed by atoms with E-state index in [1.54, 1.807) is 24.4 Å².